The minimum Gasteiger partial charge on any atom is -0.353 e. The van der Waals surface area contributed by atoms with Crippen molar-refractivity contribution in [2.45, 2.75) is 25.3 Å². The molecule has 0 bridgehead atoms. The fourth-order valence-electron chi connectivity index (χ4n) is 2.77. The monoisotopic (exact) mass is 354 g/mol. The van der Waals surface area contributed by atoms with Crippen molar-refractivity contribution in [3.8, 4) is 0 Å². The molecule has 6 nitrogen and oxygen atoms in total. The van der Waals surface area contributed by atoms with Gasteiger partial charge in [-0.15, -0.1) is 24.8 Å². The summed E-state index contributed by atoms with van der Waals surface area (Å²) < 4.78 is 0. The summed E-state index contributed by atoms with van der Waals surface area (Å²) in [6.45, 7) is 4.05. The van der Waals surface area contributed by atoms with Crippen LogP contribution in [0.4, 0.5) is 0 Å². The maximum atomic E-state index is 12.2. The maximum absolute atomic E-state index is 12.2. The number of amides is 2. The second kappa shape index (κ2) is 10.3. The average Bonchev–Trinajstić information content (AvgIpc) is 2.79. The zero-order chi connectivity index (χ0) is 14.5. The Hall–Kier alpha value is -0.560. The van der Waals surface area contributed by atoms with Crippen molar-refractivity contribution in [1.29, 1.82) is 0 Å². The molecule has 0 aliphatic carbocycles. The quantitative estimate of drug-likeness (QED) is 0.735. The Balaban J connectivity index is 0.00000220. The molecule has 2 fully saturated rings. The summed E-state index contributed by atoms with van der Waals surface area (Å²) in [6, 6.07) is 0.273. The van der Waals surface area contributed by atoms with E-state index in [1.54, 1.807) is 0 Å². The fraction of sp³-hybridized carbons (Fsp3) is 0.857. The van der Waals surface area contributed by atoms with Crippen LogP contribution in [0.5, 0.6) is 0 Å². The SMILES string of the molecule is CN(C)CCN1CC(C(=O)NC2CCNCC2)CC1=O.Cl.Cl. The van der Waals surface area contributed by atoms with Gasteiger partial charge in [-0.25, -0.2) is 0 Å². The normalized spacial score (nSPS) is 22.2. The van der Waals surface area contributed by atoms with Gasteiger partial charge in [-0.2, -0.15) is 0 Å². The van der Waals surface area contributed by atoms with Crippen LogP contribution in [0.2, 0.25) is 0 Å². The summed E-state index contributed by atoms with van der Waals surface area (Å²) in [6.07, 6.45) is 2.33. The molecule has 2 N–H and O–H groups in total. The van der Waals surface area contributed by atoms with E-state index < -0.39 is 0 Å². The number of likely N-dealkylation sites (N-methyl/N-ethyl adjacent to an activating group) is 1. The van der Waals surface area contributed by atoms with E-state index in [2.05, 4.69) is 15.5 Å². The van der Waals surface area contributed by atoms with E-state index in [1.165, 1.54) is 0 Å². The molecule has 0 aromatic carbocycles. The zero-order valence-corrected chi connectivity index (χ0v) is 15.0. The molecule has 0 saturated carbocycles. The Labute approximate surface area is 145 Å². The lowest BCUT2D eigenvalue weighted by atomic mass is 10.0. The molecule has 0 aromatic rings. The minimum atomic E-state index is -0.167. The third-order valence-corrected chi connectivity index (χ3v) is 4.09. The third-order valence-electron chi connectivity index (χ3n) is 4.09. The smallest absolute Gasteiger partial charge is 0.225 e. The number of nitrogens with one attached hydrogen (secondary N) is 2. The number of piperidine rings is 1. The predicted octanol–water partition coefficient (Wildman–Crippen LogP) is 0.108. The standard InChI is InChI=1S/C14H26N4O2.2ClH/c1-17(2)7-8-18-10-11(9-13(18)19)14(20)16-12-3-5-15-6-4-12;;/h11-12,15H,3-10H2,1-2H3,(H,16,20);2*1H. The summed E-state index contributed by atoms with van der Waals surface area (Å²) in [5, 5.41) is 6.38. The van der Waals surface area contributed by atoms with Crippen molar-refractivity contribution >= 4 is 36.6 Å². The number of likely N-dealkylation sites (tertiary alicyclic amines) is 1. The highest BCUT2D eigenvalue weighted by molar-refractivity contribution is 5.89. The molecule has 2 aliphatic rings. The number of hydrogen-bond acceptors (Lipinski definition) is 4. The molecule has 2 amide bonds. The number of carbonyl (C=O) groups excluding carboxylic acids is 2. The minimum absolute atomic E-state index is 0. The van der Waals surface area contributed by atoms with Gasteiger partial charge in [0.05, 0.1) is 5.92 Å². The zero-order valence-electron chi connectivity index (χ0n) is 13.3. The Morgan fingerprint density at radius 1 is 1.32 bits per heavy atom. The highest BCUT2D eigenvalue weighted by atomic mass is 35.5. The predicted molar refractivity (Wildman–Crippen MR) is 91.8 cm³/mol. The van der Waals surface area contributed by atoms with E-state index in [0.717, 1.165) is 32.5 Å². The van der Waals surface area contributed by atoms with Crippen molar-refractivity contribution in [1.82, 2.24) is 20.4 Å². The van der Waals surface area contributed by atoms with Gasteiger partial charge in [-0.3, -0.25) is 9.59 Å². The Morgan fingerprint density at radius 2 is 1.95 bits per heavy atom. The number of hydrogen-bond donors (Lipinski definition) is 2. The van der Waals surface area contributed by atoms with Gasteiger partial charge in [0.25, 0.3) is 0 Å². The summed E-state index contributed by atoms with van der Waals surface area (Å²) in [5.74, 6) is -0.00513. The molecule has 1 atom stereocenters. The summed E-state index contributed by atoms with van der Waals surface area (Å²) in [5.41, 5.74) is 0. The second-order valence-corrected chi connectivity index (χ2v) is 6.08. The highest BCUT2D eigenvalue weighted by Crippen LogP contribution is 2.18. The van der Waals surface area contributed by atoms with Gasteiger partial charge in [0.1, 0.15) is 0 Å². The lowest BCUT2D eigenvalue weighted by molar-refractivity contribution is -0.129. The van der Waals surface area contributed by atoms with Gasteiger partial charge >= 0.3 is 0 Å². The van der Waals surface area contributed by atoms with E-state index in [0.29, 0.717) is 19.5 Å². The van der Waals surface area contributed by atoms with Gasteiger partial charge in [-0.05, 0) is 40.0 Å². The number of rotatable bonds is 5. The van der Waals surface area contributed by atoms with Crippen LogP contribution in [-0.2, 0) is 9.59 Å². The van der Waals surface area contributed by atoms with Gasteiger partial charge in [0.15, 0.2) is 0 Å². The molecule has 2 heterocycles. The van der Waals surface area contributed by atoms with Crippen molar-refractivity contribution in [2.24, 2.45) is 5.92 Å². The van der Waals surface area contributed by atoms with Crippen molar-refractivity contribution in [2.75, 3.05) is 46.8 Å². The number of nitrogens with zero attached hydrogens (tertiary/aromatic N) is 2. The first-order valence-electron chi connectivity index (χ1n) is 7.50. The van der Waals surface area contributed by atoms with E-state index in [-0.39, 0.29) is 48.6 Å². The Bertz CT molecular complexity index is 363. The van der Waals surface area contributed by atoms with E-state index in [9.17, 15) is 9.59 Å². The lowest BCUT2D eigenvalue weighted by Gasteiger charge is -2.25. The van der Waals surface area contributed by atoms with E-state index in [1.807, 2.05) is 19.0 Å². The van der Waals surface area contributed by atoms with Crippen LogP contribution in [0.1, 0.15) is 19.3 Å². The molecule has 0 radical (unpaired) electrons. The van der Waals surface area contributed by atoms with E-state index in [4.69, 9.17) is 0 Å². The molecular formula is C14H28Cl2N4O2. The molecule has 130 valence electrons. The van der Waals surface area contributed by atoms with Crippen LogP contribution in [0.15, 0.2) is 0 Å². The molecule has 2 aliphatic heterocycles. The number of halogens is 2. The van der Waals surface area contributed by atoms with Gasteiger partial charge in [0, 0.05) is 32.1 Å². The molecule has 2 rings (SSSR count). The molecule has 22 heavy (non-hydrogen) atoms. The maximum Gasteiger partial charge on any atom is 0.225 e. The Morgan fingerprint density at radius 3 is 2.55 bits per heavy atom. The van der Waals surface area contributed by atoms with Crippen LogP contribution < -0.4 is 10.6 Å². The molecule has 8 heteroatoms. The van der Waals surface area contributed by atoms with Crippen LogP contribution in [0.25, 0.3) is 0 Å². The van der Waals surface area contributed by atoms with Crippen molar-refractivity contribution in [3.63, 3.8) is 0 Å². The fourth-order valence-corrected chi connectivity index (χ4v) is 2.77. The van der Waals surface area contributed by atoms with Crippen molar-refractivity contribution in [3.05, 3.63) is 0 Å². The first kappa shape index (κ1) is 21.4. The summed E-state index contributed by atoms with van der Waals surface area (Å²) >= 11 is 0. The topological polar surface area (TPSA) is 64.7 Å². The molecule has 2 saturated heterocycles. The average molecular weight is 355 g/mol. The molecule has 0 aromatic heterocycles. The van der Waals surface area contributed by atoms with Crippen LogP contribution >= 0.6 is 24.8 Å². The van der Waals surface area contributed by atoms with E-state index >= 15 is 0 Å². The van der Waals surface area contributed by atoms with Crippen LogP contribution in [0, 0.1) is 5.92 Å². The largest absolute Gasteiger partial charge is 0.353 e. The Kier molecular flexibility index (Phi) is 10.00. The van der Waals surface area contributed by atoms with Crippen molar-refractivity contribution < 1.29 is 9.59 Å². The van der Waals surface area contributed by atoms with Crippen LogP contribution in [-0.4, -0.2) is 74.5 Å². The first-order valence-corrected chi connectivity index (χ1v) is 7.50. The summed E-state index contributed by atoms with van der Waals surface area (Å²) in [4.78, 5) is 28.0. The van der Waals surface area contributed by atoms with Gasteiger partial charge < -0.3 is 20.4 Å². The van der Waals surface area contributed by atoms with Gasteiger partial charge in [0.2, 0.25) is 11.8 Å². The number of carbonyl (C=O) groups is 2. The molecule has 1 unspecified atom stereocenters. The lowest BCUT2D eigenvalue weighted by Crippen LogP contribution is -2.45. The first-order chi connectivity index (χ1) is 9.56. The second-order valence-electron chi connectivity index (χ2n) is 6.08. The van der Waals surface area contributed by atoms with Crippen LogP contribution in [0.3, 0.4) is 0 Å². The molecular weight excluding hydrogens is 327 g/mol. The highest BCUT2D eigenvalue weighted by Gasteiger charge is 2.34. The summed E-state index contributed by atoms with van der Waals surface area (Å²) in [7, 11) is 3.98. The molecule has 0 spiro atoms. The third kappa shape index (κ3) is 6.28. The van der Waals surface area contributed by atoms with Gasteiger partial charge in [-0.1, -0.05) is 0 Å².